The number of carbonyl (C=O) groups is 1. The fourth-order valence-corrected chi connectivity index (χ4v) is 2.47. The number of amides is 1. The molecule has 0 aliphatic carbocycles. The molecule has 0 radical (unpaired) electrons. The Balaban J connectivity index is 2.25. The summed E-state index contributed by atoms with van der Waals surface area (Å²) in [6.45, 7) is 1.83. The van der Waals surface area contributed by atoms with Crippen LogP contribution in [0.3, 0.4) is 0 Å². The zero-order chi connectivity index (χ0) is 14.0. The molecule has 98 valence electrons. The van der Waals surface area contributed by atoms with Gasteiger partial charge in [0, 0.05) is 14.5 Å². The second-order valence-corrected chi connectivity index (χ2v) is 5.87. The van der Waals surface area contributed by atoms with Gasteiger partial charge in [-0.1, -0.05) is 31.9 Å². The second kappa shape index (κ2) is 5.84. The van der Waals surface area contributed by atoms with Crippen molar-refractivity contribution in [1.29, 1.82) is 0 Å². The highest BCUT2D eigenvalue weighted by molar-refractivity contribution is 9.10. The van der Waals surface area contributed by atoms with E-state index in [4.69, 9.17) is 0 Å². The molecule has 0 aliphatic heterocycles. The maximum atomic E-state index is 13.6. The lowest BCUT2D eigenvalue weighted by Crippen LogP contribution is -2.14. The van der Waals surface area contributed by atoms with Gasteiger partial charge in [-0.3, -0.25) is 4.79 Å². The summed E-state index contributed by atoms with van der Waals surface area (Å²) in [6.07, 6.45) is 0. The Hall–Kier alpha value is -1.20. The Morgan fingerprint density at radius 2 is 1.74 bits per heavy atom. The predicted molar refractivity (Wildman–Crippen MR) is 80.9 cm³/mol. The molecule has 0 bridgehead atoms. The Morgan fingerprint density at radius 1 is 1.11 bits per heavy atom. The number of halogens is 3. The van der Waals surface area contributed by atoms with E-state index >= 15 is 0 Å². The first-order valence-electron chi connectivity index (χ1n) is 5.50. The highest BCUT2D eigenvalue weighted by Crippen LogP contribution is 2.21. The van der Waals surface area contributed by atoms with Crippen molar-refractivity contribution in [2.75, 3.05) is 5.32 Å². The van der Waals surface area contributed by atoms with Gasteiger partial charge in [0.1, 0.15) is 5.82 Å². The highest BCUT2D eigenvalue weighted by atomic mass is 79.9. The van der Waals surface area contributed by atoms with Crippen LogP contribution in [0.15, 0.2) is 45.3 Å². The first-order valence-corrected chi connectivity index (χ1v) is 7.08. The van der Waals surface area contributed by atoms with Crippen LogP contribution in [0.5, 0.6) is 0 Å². The Labute approximate surface area is 127 Å². The molecule has 0 spiro atoms. The third kappa shape index (κ3) is 3.42. The van der Waals surface area contributed by atoms with Gasteiger partial charge in [-0.05, 0) is 48.9 Å². The van der Waals surface area contributed by atoms with Crippen LogP contribution in [0.25, 0.3) is 0 Å². The summed E-state index contributed by atoms with van der Waals surface area (Å²) < 4.78 is 15.2. The molecule has 0 atom stereocenters. The standard InChI is InChI=1S/C14H10Br2FNO/c1-8-6-9(15)2-4-11(8)14(19)18-13-5-3-10(16)7-12(13)17/h2-7H,1H3,(H,18,19). The number of benzene rings is 2. The smallest absolute Gasteiger partial charge is 0.256 e. The molecule has 0 aliphatic rings. The van der Waals surface area contributed by atoms with E-state index in [1.54, 1.807) is 18.2 Å². The molecule has 2 nitrogen and oxygen atoms in total. The average Bonchev–Trinajstić information content (AvgIpc) is 2.32. The van der Waals surface area contributed by atoms with Crippen LogP contribution in [-0.4, -0.2) is 5.91 Å². The number of carbonyl (C=O) groups excluding carboxylic acids is 1. The molecule has 0 saturated heterocycles. The fraction of sp³-hybridized carbons (Fsp3) is 0.0714. The molecule has 2 aromatic carbocycles. The molecule has 19 heavy (non-hydrogen) atoms. The van der Waals surface area contributed by atoms with Gasteiger partial charge in [-0.15, -0.1) is 0 Å². The van der Waals surface area contributed by atoms with Crippen molar-refractivity contribution in [1.82, 2.24) is 0 Å². The third-order valence-corrected chi connectivity index (χ3v) is 3.60. The zero-order valence-corrected chi connectivity index (χ0v) is 13.2. The van der Waals surface area contributed by atoms with E-state index in [1.165, 1.54) is 12.1 Å². The average molecular weight is 387 g/mol. The van der Waals surface area contributed by atoms with E-state index in [0.717, 1.165) is 10.0 Å². The van der Waals surface area contributed by atoms with Crippen LogP contribution in [0, 0.1) is 12.7 Å². The van der Waals surface area contributed by atoms with E-state index in [-0.39, 0.29) is 11.6 Å². The van der Waals surface area contributed by atoms with Gasteiger partial charge in [0.2, 0.25) is 0 Å². The SMILES string of the molecule is Cc1cc(Br)ccc1C(=O)Nc1ccc(Br)cc1F. The van der Waals surface area contributed by atoms with Crippen molar-refractivity contribution in [2.24, 2.45) is 0 Å². The molecule has 0 unspecified atom stereocenters. The first-order chi connectivity index (χ1) is 8.97. The van der Waals surface area contributed by atoms with E-state index in [1.807, 2.05) is 13.0 Å². The lowest BCUT2D eigenvalue weighted by atomic mass is 10.1. The number of hydrogen-bond donors (Lipinski definition) is 1. The molecule has 0 heterocycles. The second-order valence-electron chi connectivity index (χ2n) is 4.04. The minimum Gasteiger partial charge on any atom is -0.319 e. The van der Waals surface area contributed by atoms with Crippen molar-refractivity contribution >= 4 is 43.5 Å². The Kier molecular flexibility index (Phi) is 4.37. The molecule has 2 aromatic rings. The molecule has 1 N–H and O–H groups in total. The maximum absolute atomic E-state index is 13.6. The molecule has 0 saturated carbocycles. The van der Waals surface area contributed by atoms with Crippen molar-refractivity contribution in [3.63, 3.8) is 0 Å². The normalized spacial score (nSPS) is 10.3. The molecule has 5 heteroatoms. The Bertz CT molecular complexity index is 643. The predicted octanol–water partition coefficient (Wildman–Crippen LogP) is 4.91. The van der Waals surface area contributed by atoms with Gasteiger partial charge in [0.15, 0.2) is 0 Å². The van der Waals surface area contributed by atoms with Gasteiger partial charge < -0.3 is 5.32 Å². The van der Waals surface area contributed by atoms with E-state index < -0.39 is 5.82 Å². The summed E-state index contributed by atoms with van der Waals surface area (Å²) in [4.78, 5) is 12.1. The van der Waals surface area contributed by atoms with E-state index in [0.29, 0.717) is 10.0 Å². The zero-order valence-electron chi connectivity index (χ0n) is 10.0. The van der Waals surface area contributed by atoms with Crippen LogP contribution >= 0.6 is 31.9 Å². The van der Waals surface area contributed by atoms with Crippen LogP contribution in [-0.2, 0) is 0 Å². The lowest BCUT2D eigenvalue weighted by molar-refractivity contribution is 0.102. The maximum Gasteiger partial charge on any atom is 0.256 e. The summed E-state index contributed by atoms with van der Waals surface area (Å²) in [7, 11) is 0. The molecule has 1 amide bonds. The van der Waals surface area contributed by atoms with E-state index in [2.05, 4.69) is 37.2 Å². The van der Waals surface area contributed by atoms with Crippen molar-refractivity contribution in [2.45, 2.75) is 6.92 Å². The van der Waals surface area contributed by atoms with E-state index in [9.17, 15) is 9.18 Å². The third-order valence-electron chi connectivity index (χ3n) is 2.61. The van der Waals surface area contributed by atoms with Gasteiger partial charge in [-0.25, -0.2) is 4.39 Å². The van der Waals surface area contributed by atoms with Crippen molar-refractivity contribution in [3.05, 3.63) is 62.3 Å². The summed E-state index contributed by atoms with van der Waals surface area (Å²) in [5.74, 6) is -0.802. The summed E-state index contributed by atoms with van der Waals surface area (Å²) in [6, 6.07) is 9.82. The minimum atomic E-state index is -0.475. The van der Waals surface area contributed by atoms with Crippen LogP contribution < -0.4 is 5.32 Å². The molecule has 2 rings (SSSR count). The van der Waals surface area contributed by atoms with Crippen molar-refractivity contribution < 1.29 is 9.18 Å². The van der Waals surface area contributed by atoms with Crippen LogP contribution in [0.1, 0.15) is 15.9 Å². The molecule has 0 fully saturated rings. The number of hydrogen-bond acceptors (Lipinski definition) is 1. The summed E-state index contributed by atoms with van der Waals surface area (Å²) >= 11 is 6.50. The van der Waals surface area contributed by atoms with Gasteiger partial charge >= 0.3 is 0 Å². The summed E-state index contributed by atoms with van der Waals surface area (Å²) in [5, 5.41) is 2.56. The summed E-state index contributed by atoms with van der Waals surface area (Å²) in [5.41, 5.74) is 1.51. The monoisotopic (exact) mass is 385 g/mol. The van der Waals surface area contributed by atoms with Crippen molar-refractivity contribution in [3.8, 4) is 0 Å². The molecular formula is C14H10Br2FNO. The van der Waals surface area contributed by atoms with Gasteiger partial charge in [0.05, 0.1) is 5.69 Å². The number of aryl methyl sites for hydroxylation is 1. The first kappa shape index (κ1) is 14.2. The largest absolute Gasteiger partial charge is 0.319 e. The van der Waals surface area contributed by atoms with Crippen LogP contribution in [0.2, 0.25) is 0 Å². The number of anilines is 1. The van der Waals surface area contributed by atoms with Gasteiger partial charge in [0.25, 0.3) is 5.91 Å². The van der Waals surface area contributed by atoms with Crippen LogP contribution in [0.4, 0.5) is 10.1 Å². The number of nitrogens with one attached hydrogen (secondary N) is 1. The fourth-order valence-electron chi connectivity index (χ4n) is 1.66. The highest BCUT2D eigenvalue weighted by Gasteiger charge is 2.12. The quantitative estimate of drug-likeness (QED) is 0.780. The Morgan fingerprint density at radius 3 is 2.37 bits per heavy atom. The number of rotatable bonds is 2. The molecular weight excluding hydrogens is 377 g/mol. The minimum absolute atomic E-state index is 0.163. The topological polar surface area (TPSA) is 29.1 Å². The molecule has 0 aromatic heterocycles. The lowest BCUT2D eigenvalue weighted by Gasteiger charge is -2.09. The van der Waals surface area contributed by atoms with Gasteiger partial charge in [-0.2, -0.15) is 0 Å².